The van der Waals surface area contributed by atoms with Gasteiger partial charge >= 0.3 is 89.0 Å². The summed E-state index contributed by atoms with van der Waals surface area (Å²) >= 11 is -0.517. The third kappa shape index (κ3) is 5.11. The molecule has 2 rings (SSSR count). The molecule has 2 radical (unpaired) electrons. The predicted octanol–water partition coefficient (Wildman–Crippen LogP) is 1.46. The van der Waals surface area contributed by atoms with E-state index in [0.29, 0.717) is 0 Å². The first-order valence-corrected chi connectivity index (χ1v) is 7.18. The van der Waals surface area contributed by atoms with Crippen LogP contribution >= 0.6 is 19.8 Å². The second kappa shape index (κ2) is 8.27. The molecule has 0 saturated carbocycles. The van der Waals surface area contributed by atoms with E-state index in [0.717, 1.165) is 0 Å². The molecule has 0 heterocycles. The summed E-state index contributed by atoms with van der Waals surface area (Å²) in [5.74, 6) is 0. The van der Waals surface area contributed by atoms with Crippen molar-refractivity contribution in [3.63, 3.8) is 0 Å². The van der Waals surface area contributed by atoms with Crippen molar-refractivity contribution in [2.24, 2.45) is 0 Å². The third-order valence-corrected chi connectivity index (χ3v) is 5.39. The van der Waals surface area contributed by atoms with Crippen molar-refractivity contribution in [2.45, 2.75) is 0 Å². The second-order valence-electron chi connectivity index (χ2n) is 2.86. The number of benzene rings is 2. The number of hydrogen-bond acceptors (Lipinski definition) is 0. The average molecular weight is 341 g/mol. The van der Waals surface area contributed by atoms with Gasteiger partial charge in [0.05, 0.1) is 0 Å². The van der Waals surface area contributed by atoms with E-state index >= 15 is 0 Å². The zero-order valence-electron chi connectivity index (χ0n) is 8.69. The Morgan fingerprint density at radius 2 is 0.867 bits per heavy atom. The van der Waals surface area contributed by atoms with E-state index in [1.54, 1.807) is 0 Å². The summed E-state index contributed by atoms with van der Waals surface area (Å²) in [5, 5.41) is 0. The minimum atomic E-state index is -0.517. The van der Waals surface area contributed by atoms with E-state index in [-0.39, 0.29) is 19.8 Å². The molecule has 0 spiro atoms. The van der Waals surface area contributed by atoms with Gasteiger partial charge in [0.25, 0.3) is 0 Å². The van der Waals surface area contributed by atoms with Crippen LogP contribution in [0.25, 0.3) is 0 Å². The number of rotatable bonds is 2. The van der Waals surface area contributed by atoms with E-state index in [1.807, 2.05) is 0 Å². The molecule has 0 bridgehead atoms. The first-order valence-electron chi connectivity index (χ1n) is 4.32. The van der Waals surface area contributed by atoms with Crippen LogP contribution in [0.3, 0.4) is 0 Å². The fraction of sp³-hybridized carbons (Fsp3) is 0. The Labute approximate surface area is 108 Å². The Hall–Kier alpha value is 0.0987. The first kappa shape index (κ1) is 15.1. The van der Waals surface area contributed by atoms with Gasteiger partial charge in [0.15, 0.2) is 0 Å². The van der Waals surface area contributed by atoms with Gasteiger partial charge in [-0.1, -0.05) is 0 Å². The Morgan fingerprint density at radius 1 is 0.533 bits per heavy atom. The first-order chi connectivity index (χ1) is 6.45. The molecule has 2 atom stereocenters. The molecule has 0 saturated heterocycles. The van der Waals surface area contributed by atoms with Crippen molar-refractivity contribution < 1.29 is 0 Å². The molecule has 0 amide bonds. The topological polar surface area (TPSA) is 0 Å². The van der Waals surface area contributed by atoms with Crippen molar-refractivity contribution in [3.05, 3.63) is 60.7 Å². The van der Waals surface area contributed by atoms with E-state index in [9.17, 15) is 0 Å². The molecule has 3 heteroatoms. The van der Waals surface area contributed by atoms with Crippen LogP contribution in [-0.4, -0.2) is 21.1 Å². The van der Waals surface area contributed by atoms with E-state index < -0.39 is 21.1 Å². The number of hydrogen-bond donors (Lipinski definition) is 0. The van der Waals surface area contributed by atoms with Gasteiger partial charge < -0.3 is 0 Å². The molecule has 2 aromatic rings. The van der Waals surface area contributed by atoms with Gasteiger partial charge in [0.2, 0.25) is 0 Å². The summed E-state index contributed by atoms with van der Waals surface area (Å²) in [5.41, 5.74) is 0. The molecule has 0 N–H and O–H groups in total. The maximum atomic E-state index is 2.24. The normalized spacial score (nSPS) is 8.53. The maximum absolute atomic E-state index is 2.24. The molecular weight excluding hydrogens is 325 g/mol. The average Bonchev–Trinajstić information content (AvgIpc) is 2.21. The van der Waals surface area contributed by atoms with E-state index in [2.05, 4.69) is 60.7 Å². The summed E-state index contributed by atoms with van der Waals surface area (Å²) in [4.78, 5) is 0. The standard InChI is InChI=1S/2C6H5.2H3P.Sn/c2*1-2-4-6-5-3-1;;;/h2*1-5H;2*1H3;. The monoisotopic (exact) mass is 342 g/mol. The second-order valence-corrected chi connectivity index (χ2v) is 6.87. The van der Waals surface area contributed by atoms with Crippen LogP contribution < -0.4 is 7.16 Å². The van der Waals surface area contributed by atoms with Crippen LogP contribution in [0.15, 0.2) is 60.7 Å². The predicted molar refractivity (Wildman–Crippen MR) is 80.1 cm³/mol. The van der Waals surface area contributed by atoms with Crippen LogP contribution in [-0.2, 0) is 0 Å². The van der Waals surface area contributed by atoms with Crippen molar-refractivity contribution in [2.75, 3.05) is 0 Å². The van der Waals surface area contributed by atoms with Gasteiger partial charge in [-0.15, -0.1) is 0 Å². The van der Waals surface area contributed by atoms with E-state index in [4.69, 9.17) is 0 Å². The molecule has 78 valence electrons. The molecule has 0 aliphatic heterocycles. The van der Waals surface area contributed by atoms with Crippen molar-refractivity contribution in [1.82, 2.24) is 0 Å². The molecule has 15 heavy (non-hydrogen) atoms. The summed E-state index contributed by atoms with van der Waals surface area (Å²) in [6, 6.07) is 21.6. The molecule has 0 nitrogen and oxygen atoms in total. The minimum absolute atomic E-state index is 0. The molecular formula is C12H16P2Sn. The van der Waals surface area contributed by atoms with Crippen molar-refractivity contribution >= 4 is 48.1 Å². The Balaban J connectivity index is 0.000000980. The SMILES string of the molecule is P.P.c1cc[c]([Sn][c]2ccccc2)cc1. The van der Waals surface area contributed by atoms with Crippen LogP contribution in [0.4, 0.5) is 0 Å². The molecule has 0 aromatic heterocycles. The third-order valence-electron chi connectivity index (χ3n) is 1.84. The zero-order valence-corrected chi connectivity index (χ0v) is 14.4. The zero-order chi connectivity index (χ0) is 8.93. The molecule has 0 aliphatic carbocycles. The van der Waals surface area contributed by atoms with Gasteiger partial charge in [-0.05, 0) is 0 Å². The Morgan fingerprint density at radius 3 is 1.20 bits per heavy atom. The summed E-state index contributed by atoms with van der Waals surface area (Å²) in [6.45, 7) is 0. The van der Waals surface area contributed by atoms with Gasteiger partial charge in [-0.3, -0.25) is 0 Å². The molecule has 0 aliphatic rings. The van der Waals surface area contributed by atoms with Crippen LogP contribution in [0.1, 0.15) is 0 Å². The van der Waals surface area contributed by atoms with Gasteiger partial charge in [-0.25, -0.2) is 0 Å². The van der Waals surface area contributed by atoms with Gasteiger partial charge in [-0.2, -0.15) is 19.8 Å². The quantitative estimate of drug-likeness (QED) is 0.573. The van der Waals surface area contributed by atoms with Crippen molar-refractivity contribution in [1.29, 1.82) is 0 Å². The fourth-order valence-electron chi connectivity index (χ4n) is 1.21. The molecule has 0 fully saturated rings. The van der Waals surface area contributed by atoms with Crippen LogP contribution in [0, 0.1) is 0 Å². The molecule has 2 aromatic carbocycles. The molecule has 2 unspecified atom stereocenters. The van der Waals surface area contributed by atoms with Crippen LogP contribution in [0.2, 0.25) is 0 Å². The summed E-state index contributed by atoms with van der Waals surface area (Å²) < 4.78 is 3.08. The summed E-state index contributed by atoms with van der Waals surface area (Å²) in [7, 11) is 0. The van der Waals surface area contributed by atoms with Crippen molar-refractivity contribution in [3.8, 4) is 0 Å². The van der Waals surface area contributed by atoms with Crippen LogP contribution in [0.5, 0.6) is 0 Å². The Kier molecular flexibility index (Phi) is 8.33. The van der Waals surface area contributed by atoms with E-state index in [1.165, 1.54) is 7.16 Å². The Bertz CT molecular complexity index is 324. The van der Waals surface area contributed by atoms with Gasteiger partial charge in [0, 0.05) is 0 Å². The fourth-order valence-corrected chi connectivity index (χ4v) is 4.21. The summed E-state index contributed by atoms with van der Waals surface area (Å²) in [6.07, 6.45) is 0. The van der Waals surface area contributed by atoms with Gasteiger partial charge in [0.1, 0.15) is 0 Å².